The first-order chi connectivity index (χ1) is 9.71. The van der Waals surface area contributed by atoms with Gasteiger partial charge in [0.25, 0.3) is 5.91 Å². The highest BCUT2D eigenvalue weighted by molar-refractivity contribution is 5.95. The van der Waals surface area contributed by atoms with Gasteiger partial charge in [0.1, 0.15) is 6.10 Å². The maximum absolute atomic E-state index is 13.5. The molecule has 2 rings (SSSR count). The fourth-order valence-electron chi connectivity index (χ4n) is 1.92. The number of hydrogen-bond donors (Lipinski definition) is 2. The van der Waals surface area contributed by atoms with Gasteiger partial charge in [0.2, 0.25) is 5.82 Å². The molecule has 1 aliphatic heterocycles. The van der Waals surface area contributed by atoms with Crippen LogP contribution in [0.15, 0.2) is 6.07 Å². The van der Waals surface area contributed by atoms with Gasteiger partial charge in [0.05, 0.1) is 12.2 Å². The Kier molecular flexibility index (Phi) is 4.11. The predicted molar refractivity (Wildman–Crippen MR) is 65.2 cm³/mol. The van der Waals surface area contributed by atoms with Gasteiger partial charge in [0.15, 0.2) is 23.2 Å². The highest BCUT2D eigenvalue weighted by Crippen LogP contribution is 2.26. The van der Waals surface area contributed by atoms with Crippen LogP contribution < -0.4 is 5.32 Å². The predicted octanol–water partition coefficient (Wildman–Crippen LogP) is 1.69. The van der Waals surface area contributed by atoms with Crippen molar-refractivity contribution < 1.29 is 32.5 Å². The number of halogens is 3. The lowest BCUT2D eigenvalue weighted by Gasteiger charge is -2.17. The summed E-state index contributed by atoms with van der Waals surface area (Å²) in [6.45, 7) is 3.63. The fourth-order valence-corrected chi connectivity index (χ4v) is 1.92. The summed E-state index contributed by atoms with van der Waals surface area (Å²) in [6, 6.07) is 0.385. The van der Waals surface area contributed by atoms with E-state index in [0.29, 0.717) is 6.07 Å². The molecule has 1 unspecified atom stereocenters. The second kappa shape index (κ2) is 5.53. The van der Waals surface area contributed by atoms with Gasteiger partial charge in [-0.15, -0.1) is 0 Å². The molecule has 1 atom stereocenters. The Morgan fingerprint density at radius 1 is 1.43 bits per heavy atom. The number of benzene rings is 1. The second-order valence-corrected chi connectivity index (χ2v) is 5.04. The molecule has 0 aromatic heterocycles. The highest BCUT2D eigenvalue weighted by atomic mass is 19.2. The smallest absolute Gasteiger partial charge is 0.254 e. The van der Waals surface area contributed by atoms with Crippen molar-refractivity contribution >= 4 is 5.91 Å². The Morgan fingerprint density at radius 2 is 2.10 bits per heavy atom. The SMILES string of the molecule is CC1(C)OCC(CNC(=O)c2cc(F)c(F)c(O)c2F)O1. The van der Waals surface area contributed by atoms with Gasteiger partial charge in [-0.3, -0.25) is 4.79 Å². The van der Waals surface area contributed by atoms with Crippen LogP contribution in [0.5, 0.6) is 5.75 Å². The zero-order valence-corrected chi connectivity index (χ0v) is 11.4. The number of rotatable bonds is 3. The molecule has 1 aliphatic rings. The molecule has 0 aliphatic carbocycles. The number of amides is 1. The summed E-state index contributed by atoms with van der Waals surface area (Å²) in [5.74, 6) is -8.06. The maximum atomic E-state index is 13.5. The van der Waals surface area contributed by atoms with E-state index < -0.39 is 46.6 Å². The van der Waals surface area contributed by atoms with Gasteiger partial charge < -0.3 is 19.9 Å². The third-order valence-corrected chi connectivity index (χ3v) is 2.94. The summed E-state index contributed by atoms with van der Waals surface area (Å²) < 4.78 is 50.2. The molecule has 1 aromatic rings. The molecule has 1 aromatic carbocycles. The standard InChI is InChI=1S/C13H14F3NO4/c1-13(2)20-5-6(21-13)4-17-12(19)7-3-8(14)10(16)11(18)9(7)15/h3,6,18H,4-5H2,1-2H3,(H,17,19). The van der Waals surface area contributed by atoms with Crippen LogP contribution in [0.25, 0.3) is 0 Å². The number of phenols is 1. The lowest BCUT2D eigenvalue weighted by Crippen LogP contribution is -2.35. The topological polar surface area (TPSA) is 67.8 Å². The molecule has 2 N–H and O–H groups in total. The number of aromatic hydroxyl groups is 1. The van der Waals surface area contributed by atoms with Gasteiger partial charge in [-0.05, 0) is 19.9 Å². The first kappa shape index (κ1) is 15.6. The zero-order chi connectivity index (χ0) is 15.8. The normalized spacial score (nSPS) is 20.5. The van der Waals surface area contributed by atoms with Crippen LogP contribution in [0.4, 0.5) is 13.2 Å². The molecule has 1 amide bonds. The monoisotopic (exact) mass is 305 g/mol. The van der Waals surface area contributed by atoms with E-state index in [0.717, 1.165) is 0 Å². The molecular formula is C13H14F3NO4. The number of carbonyl (C=O) groups is 1. The molecule has 5 nitrogen and oxygen atoms in total. The molecule has 1 saturated heterocycles. The Balaban J connectivity index is 2.05. The summed E-state index contributed by atoms with van der Waals surface area (Å²) in [6.07, 6.45) is -0.439. The largest absolute Gasteiger partial charge is 0.503 e. The molecule has 1 heterocycles. The van der Waals surface area contributed by atoms with Crippen molar-refractivity contribution in [2.75, 3.05) is 13.2 Å². The zero-order valence-electron chi connectivity index (χ0n) is 11.4. The average molecular weight is 305 g/mol. The van der Waals surface area contributed by atoms with Crippen LogP contribution in [-0.2, 0) is 9.47 Å². The molecule has 0 spiro atoms. The second-order valence-electron chi connectivity index (χ2n) is 5.04. The number of carbonyl (C=O) groups excluding carboxylic acids is 1. The van der Waals surface area contributed by atoms with Crippen molar-refractivity contribution in [3.63, 3.8) is 0 Å². The molecular weight excluding hydrogens is 291 g/mol. The summed E-state index contributed by atoms with van der Waals surface area (Å²) in [4.78, 5) is 11.8. The van der Waals surface area contributed by atoms with E-state index in [-0.39, 0.29) is 13.2 Å². The molecule has 0 saturated carbocycles. The number of hydrogen-bond acceptors (Lipinski definition) is 4. The lowest BCUT2D eigenvalue weighted by molar-refractivity contribution is -0.137. The van der Waals surface area contributed by atoms with Crippen LogP contribution in [0.2, 0.25) is 0 Å². The van der Waals surface area contributed by atoms with Crippen LogP contribution in [0.1, 0.15) is 24.2 Å². The van der Waals surface area contributed by atoms with Gasteiger partial charge in [0, 0.05) is 6.54 Å². The third kappa shape index (κ3) is 3.27. The van der Waals surface area contributed by atoms with Crippen molar-refractivity contribution in [1.29, 1.82) is 0 Å². The van der Waals surface area contributed by atoms with Gasteiger partial charge in [-0.1, -0.05) is 0 Å². The third-order valence-electron chi connectivity index (χ3n) is 2.94. The first-order valence-corrected chi connectivity index (χ1v) is 6.17. The van der Waals surface area contributed by atoms with Crippen molar-refractivity contribution in [3.05, 3.63) is 29.1 Å². The van der Waals surface area contributed by atoms with E-state index in [9.17, 15) is 18.0 Å². The summed E-state index contributed by atoms with van der Waals surface area (Å²) >= 11 is 0. The van der Waals surface area contributed by atoms with Crippen molar-refractivity contribution in [2.45, 2.75) is 25.7 Å². The van der Waals surface area contributed by atoms with E-state index >= 15 is 0 Å². The summed E-state index contributed by atoms with van der Waals surface area (Å²) in [5.41, 5.74) is -0.787. The van der Waals surface area contributed by atoms with E-state index in [1.807, 2.05) is 0 Å². The average Bonchev–Trinajstić information content (AvgIpc) is 2.77. The number of nitrogens with one attached hydrogen (secondary N) is 1. The van der Waals surface area contributed by atoms with Gasteiger partial charge >= 0.3 is 0 Å². The van der Waals surface area contributed by atoms with Gasteiger partial charge in [-0.2, -0.15) is 4.39 Å². The van der Waals surface area contributed by atoms with E-state index in [2.05, 4.69) is 5.32 Å². The molecule has 0 radical (unpaired) electrons. The Labute approximate surface area is 118 Å². The molecule has 8 heteroatoms. The van der Waals surface area contributed by atoms with E-state index in [1.54, 1.807) is 13.8 Å². The fraction of sp³-hybridized carbons (Fsp3) is 0.462. The maximum Gasteiger partial charge on any atom is 0.254 e. The Hall–Kier alpha value is -1.80. The van der Waals surface area contributed by atoms with Crippen molar-refractivity contribution in [2.24, 2.45) is 0 Å². The van der Waals surface area contributed by atoms with Crippen LogP contribution in [-0.4, -0.2) is 36.1 Å². The summed E-state index contributed by atoms with van der Waals surface area (Å²) in [7, 11) is 0. The lowest BCUT2D eigenvalue weighted by atomic mass is 10.1. The highest BCUT2D eigenvalue weighted by Gasteiger charge is 2.33. The quantitative estimate of drug-likeness (QED) is 0.834. The Morgan fingerprint density at radius 3 is 2.67 bits per heavy atom. The summed E-state index contributed by atoms with van der Waals surface area (Å²) in [5, 5.41) is 11.4. The number of phenolic OH excluding ortho intramolecular Hbond substituents is 1. The first-order valence-electron chi connectivity index (χ1n) is 6.17. The van der Waals surface area contributed by atoms with Crippen LogP contribution in [0.3, 0.4) is 0 Å². The van der Waals surface area contributed by atoms with E-state index in [4.69, 9.17) is 14.6 Å². The minimum atomic E-state index is -1.74. The minimum absolute atomic E-state index is 0.00145. The van der Waals surface area contributed by atoms with Crippen molar-refractivity contribution in [1.82, 2.24) is 5.32 Å². The van der Waals surface area contributed by atoms with E-state index in [1.165, 1.54) is 0 Å². The van der Waals surface area contributed by atoms with Crippen LogP contribution in [0, 0.1) is 17.5 Å². The van der Waals surface area contributed by atoms with Crippen LogP contribution >= 0.6 is 0 Å². The Bertz CT molecular complexity index is 577. The van der Waals surface area contributed by atoms with Crippen molar-refractivity contribution in [3.8, 4) is 5.75 Å². The molecule has 116 valence electrons. The van der Waals surface area contributed by atoms with Gasteiger partial charge in [-0.25, -0.2) is 8.78 Å². The number of ether oxygens (including phenoxy) is 2. The molecule has 21 heavy (non-hydrogen) atoms. The molecule has 0 bridgehead atoms. The minimum Gasteiger partial charge on any atom is -0.503 e. The molecule has 1 fully saturated rings.